The molecule has 3 heterocycles. The highest BCUT2D eigenvalue weighted by atomic mass is 19.1. The number of methoxy groups -OCH3 is 1. The number of fused-ring (bicyclic) bond motifs is 1. The van der Waals surface area contributed by atoms with Crippen molar-refractivity contribution in [1.82, 2.24) is 29.5 Å². The van der Waals surface area contributed by atoms with Gasteiger partial charge in [0.2, 0.25) is 11.9 Å². The van der Waals surface area contributed by atoms with Crippen molar-refractivity contribution in [1.29, 1.82) is 0 Å². The number of halogens is 1. The number of hydrogen-bond acceptors (Lipinski definition) is 6. The first-order chi connectivity index (χ1) is 16.9. The quantitative estimate of drug-likeness (QED) is 0.391. The van der Waals surface area contributed by atoms with Crippen molar-refractivity contribution in [3.63, 3.8) is 0 Å². The zero-order valence-electron chi connectivity index (χ0n) is 18.8. The number of carbonyl (C=O) groups is 1. The van der Waals surface area contributed by atoms with Crippen LogP contribution >= 0.6 is 0 Å². The molecular formula is C24H20FN7O3. The largest absolute Gasteiger partial charge is 0.497 e. The molecule has 2 aromatic carbocycles. The van der Waals surface area contributed by atoms with Crippen LogP contribution in [-0.4, -0.2) is 42.5 Å². The third-order valence-corrected chi connectivity index (χ3v) is 5.32. The maximum atomic E-state index is 13.4. The number of rotatable bonds is 6. The smallest absolute Gasteiger partial charge is 0.263 e. The first-order valence-electron chi connectivity index (χ1n) is 10.6. The zero-order valence-corrected chi connectivity index (χ0v) is 18.8. The van der Waals surface area contributed by atoms with Gasteiger partial charge in [-0.1, -0.05) is 12.1 Å². The number of nitrogens with one attached hydrogen (secondary N) is 2. The number of nitrogens with zero attached hydrogens (tertiary/aromatic N) is 5. The lowest BCUT2D eigenvalue weighted by atomic mass is 10.1. The van der Waals surface area contributed by atoms with E-state index in [0.29, 0.717) is 22.9 Å². The van der Waals surface area contributed by atoms with Crippen LogP contribution in [-0.2, 0) is 11.2 Å². The molecular weight excluding hydrogens is 453 g/mol. The van der Waals surface area contributed by atoms with E-state index in [1.807, 2.05) is 12.1 Å². The van der Waals surface area contributed by atoms with E-state index >= 15 is 0 Å². The van der Waals surface area contributed by atoms with Gasteiger partial charge in [-0.15, -0.1) is 0 Å². The Balaban J connectivity index is 1.48. The predicted octanol–water partition coefficient (Wildman–Crippen LogP) is 2.93. The lowest BCUT2D eigenvalue weighted by Gasteiger charge is -2.09. The molecule has 2 N–H and O–H groups in total. The van der Waals surface area contributed by atoms with Crippen LogP contribution in [0.25, 0.3) is 22.7 Å². The topological polar surface area (TPSA) is 120 Å². The molecule has 0 radical (unpaired) electrons. The van der Waals surface area contributed by atoms with Gasteiger partial charge in [0, 0.05) is 6.07 Å². The fraction of sp³-hybridized carbons (Fsp3) is 0.125. The first kappa shape index (κ1) is 22.0. The molecule has 0 aliphatic heterocycles. The number of ether oxygens (including phenoxy) is 1. The van der Waals surface area contributed by atoms with Crippen LogP contribution in [0.4, 0.5) is 10.2 Å². The minimum Gasteiger partial charge on any atom is -0.497 e. The van der Waals surface area contributed by atoms with Crippen LogP contribution in [0.1, 0.15) is 11.3 Å². The van der Waals surface area contributed by atoms with Crippen LogP contribution in [0.3, 0.4) is 0 Å². The summed E-state index contributed by atoms with van der Waals surface area (Å²) < 4.78 is 21.3. The molecule has 5 rings (SSSR count). The van der Waals surface area contributed by atoms with Crippen LogP contribution in [0.2, 0.25) is 0 Å². The third kappa shape index (κ3) is 4.38. The summed E-state index contributed by atoms with van der Waals surface area (Å²) in [5, 5.41) is 11.7. The van der Waals surface area contributed by atoms with Crippen molar-refractivity contribution in [3.8, 4) is 17.4 Å². The Morgan fingerprint density at radius 1 is 1.11 bits per heavy atom. The molecule has 0 atom stereocenters. The number of carbonyl (C=O) groups excluding carboxylic acids is 1. The van der Waals surface area contributed by atoms with Gasteiger partial charge in [-0.3, -0.25) is 14.6 Å². The zero-order chi connectivity index (χ0) is 24.5. The van der Waals surface area contributed by atoms with Crippen molar-refractivity contribution in [2.75, 3.05) is 12.4 Å². The number of anilines is 1. The van der Waals surface area contributed by atoms with E-state index in [1.54, 1.807) is 32.2 Å². The lowest BCUT2D eigenvalue weighted by Crippen LogP contribution is -2.20. The Kier molecular flexibility index (Phi) is 5.57. The van der Waals surface area contributed by atoms with E-state index in [1.165, 1.54) is 39.8 Å². The average Bonchev–Trinajstić information content (AvgIpc) is 3.43. The molecule has 0 bridgehead atoms. The highest BCUT2D eigenvalue weighted by Gasteiger charge is 2.17. The van der Waals surface area contributed by atoms with Crippen molar-refractivity contribution in [2.24, 2.45) is 0 Å². The Hall–Kier alpha value is -4.80. The number of hydrogen-bond donors (Lipinski definition) is 2. The molecule has 11 heteroatoms. The van der Waals surface area contributed by atoms with Gasteiger partial charge in [-0.05, 0) is 48.9 Å². The van der Waals surface area contributed by atoms with E-state index in [9.17, 15) is 14.0 Å². The second-order valence-corrected chi connectivity index (χ2v) is 7.82. The molecule has 0 saturated heterocycles. The lowest BCUT2D eigenvalue weighted by molar-refractivity contribution is -0.115. The summed E-state index contributed by atoms with van der Waals surface area (Å²) in [4.78, 5) is 32.7. The summed E-state index contributed by atoms with van der Waals surface area (Å²) in [6.45, 7) is 1.76. The van der Waals surface area contributed by atoms with Crippen molar-refractivity contribution >= 4 is 22.8 Å². The molecule has 0 spiro atoms. The number of H-pyrrole nitrogens is 1. The van der Waals surface area contributed by atoms with Gasteiger partial charge in [-0.25, -0.2) is 9.07 Å². The summed E-state index contributed by atoms with van der Waals surface area (Å²) in [7, 11) is 1.58. The van der Waals surface area contributed by atoms with Crippen LogP contribution in [0.5, 0.6) is 5.75 Å². The van der Waals surface area contributed by atoms with E-state index in [-0.39, 0.29) is 29.3 Å². The van der Waals surface area contributed by atoms with E-state index in [2.05, 4.69) is 25.5 Å². The standard InChI is InChI=1S/C24H20FN7O3/c1-14-11-20(27-21(33)12-15-3-9-18(35-2)10-4-15)32(30-14)24-28-22-19(23(34)29-24)13-26-31(22)17-7-5-16(25)6-8-17/h3-11,13H,12H2,1-2H3,(H,27,33)(H,28,29,34). The summed E-state index contributed by atoms with van der Waals surface area (Å²) in [5.74, 6) is 0.485. The Labute approximate surface area is 198 Å². The summed E-state index contributed by atoms with van der Waals surface area (Å²) in [5.41, 5.74) is 1.79. The van der Waals surface area contributed by atoms with Crippen LogP contribution in [0.15, 0.2) is 65.6 Å². The number of aromatic amines is 1. The fourth-order valence-corrected chi connectivity index (χ4v) is 3.64. The minimum absolute atomic E-state index is 0.0965. The van der Waals surface area contributed by atoms with Gasteiger partial charge in [0.25, 0.3) is 5.56 Å². The maximum absolute atomic E-state index is 13.4. The van der Waals surface area contributed by atoms with Crippen molar-refractivity contribution in [2.45, 2.75) is 13.3 Å². The fourth-order valence-electron chi connectivity index (χ4n) is 3.64. The molecule has 35 heavy (non-hydrogen) atoms. The van der Waals surface area contributed by atoms with E-state index in [4.69, 9.17) is 4.74 Å². The van der Waals surface area contributed by atoms with Gasteiger partial charge in [0.05, 0.1) is 31.1 Å². The summed E-state index contributed by atoms with van der Waals surface area (Å²) in [6, 6.07) is 14.5. The third-order valence-electron chi connectivity index (χ3n) is 5.32. The summed E-state index contributed by atoms with van der Waals surface area (Å²) >= 11 is 0. The number of amides is 1. The van der Waals surface area contributed by atoms with Crippen LogP contribution in [0, 0.1) is 12.7 Å². The Morgan fingerprint density at radius 3 is 2.57 bits per heavy atom. The molecule has 0 aliphatic rings. The number of aromatic nitrogens is 6. The maximum Gasteiger partial charge on any atom is 0.263 e. The minimum atomic E-state index is -0.429. The molecule has 0 aliphatic carbocycles. The van der Waals surface area contributed by atoms with Gasteiger partial charge in [0.15, 0.2) is 5.65 Å². The van der Waals surface area contributed by atoms with Crippen LogP contribution < -0.4 is 15.6 Å². The van der Waals surface area contributed by atoms with Crippen molar-refractivity contribution < 1.29 is 13.9 Å². The van der Waals surface area contributed by atoms with Gasteiger partial charge in [-0.2, -0.15) is 19.9 Å². The SMILES string of the molecule is COc1ccc(CC(=O)Nc2cc(C)nn2-c2nc3c(cnn3-c3ccc(F)cc3)c(=O)[nH]2)cc1. The number of aryl methyl sites for hydroxylation is 1. The highest BCUT2D eigenvalue weighted by Crippen LogP contribution is 2.19. The number of benzene rings is 2. The van der Waals surface area contributed by atoms with Gasteiger partial charge >= 0.3 is 0 Å². The molecule has 176 valence electrons. The van der Waals surface area contributed by atoms with E-state index in [0.717, 1.165) is 5.56 Å². The monoisotopic (exact) mass is 473 g/mol. The predicted molar refractivity (Wildman–Crippen MR) is 127 cm³/mol. The Bertz CT molecular complexity index is 1580. The molecule has 5 aromatic rings. The molecule has 0 unspecified atom stereocenters. The molecule has 3 aromatic heterocycles. The Morgan fingerprint density at radius 2 is 1.86 bits per heavy atom. The molecule has 0 saturated carbocycles. The summed E-state index contributed by atoms with van der Waals surface area (Å²) in [6.07, 6.45) is 1.52. The van der Waals surface area contributed by atoms with Gasteiger partial charge < -0.3 is 10.1 Å². The molecule has 0 fully saturated rings. The van der Waals surface area contributed by atoms with Gasteiger partial charge in [0.1, 0.15) is 22.8 Å². The highest BCUT2D eigenvalue weighted by molar-refractivity contribution is 5.91. The molecule has 1 amide bonds. The first-order valence-corrected chi connectivity index (χ1v) is 10.6. The average molecular weight is 473 g/mol. The normalized spacial score (nSPS) is 11.1. The second-order valence-electron chi connectivity index (χ2n) is 7.82. The van der Waals surface area contributed by atoms with Crippen molar-refractivity contribution in [3.05, 3.63) is 88.2 Å². The van der Waals surface area contributed by atoms with E-state index < -0.39 is 11.4 Å². The molecule has 10 nitrogen and oxygen atoms in total. The second kappa shape index (κ2) is 8.86.